The minimum absolute atomic E-state index is 0.00698. The summed E-state index contributed by atoms with van der Waals surface area (Å²) in [5, 5.41) is 10.9. The Morgan fingerprint density at radius 3 is 1.83 bits per heavy atom. The summed E-state index contributed by atoms with van der Waals surface area (Å²) in [6.45, 7) is 13.0. The highest BCUT2D eigenvalue weighted by Crippen LogP contribution is 2.48. The number of alkyl carbamates (subject to hydrolysis) is 1. The van der Waals surface area contributed by atoms with E-state index in [2.05, 4.69) is 42.2 Å². The van der Waals surface area contributed by atoms with Gasteiger partial charge >= 0.3 is 12.1 Å². The number of hydrogen-bond acceptors (Lipinski definition) is 16. The normalized spacial score (nSPS) is 15.6. The Morgan fingerprint density at radius 2 is 1.18 bits per heavy atom. The molecule has 1 unspecified atom stereocenters. The summed E-state index contributed by atoms with van der Waals surface area (Å²) in [6.07, 6.45) is 21.5. The van der Waals surface area contributed by atoms with Gasteiger partial charge in [-0.15, -0.1) is 0 Å². The van der Waals surface area contributed by atoms with Crippen molar-refractivity contribution in [2.75, 3.05) is 81.4 Å². The Labute approximate surface area is 518 Å². The number of rotatable bonds is 40. The maximum Gasteiger partial charge on any atom is 0.407 e. The molecule has 0 bridgehead atoms. The molecule has 0 saturated heterocycles. The predicted octanol–water partition coefficient (Wildman–Crippen LogP) is 9.32. The molecule has 25 heteroatoms. The van der Waals surface area contributed by atoms with E-state index in [9.17, 15) is 54.7 Å². The van der Waals surface area contributed by atoms with Gasteiger partial charge in [0.25, 0.3) is 25.8 Å². The number of H-pyrrole nitrogens is 1. The van der Waals surface area contributed by atoms with Crippen molar-refractivity contribution in [3.05, 3.63) is 106 Å². The van der Waals surface area contributed by atoms with E-state index in [0.717, 1.165) is 98.8 Å². The molecule has 0 radical (unpaired) electrons. The summed E-state index contributed by atoms with van der Waals surface area (Å²) in [4.78, 5) is 83.2. The van der Waals surface area contributed by atoms with Crippen molar-refractivity contribution in [1.29, 1.82) is 0 Å². The summed E-state index contributed by atoms with van der Waals surface area (Å²) >= 11 is 0. The molecule has 4 amide bonds. The lowest BCUT2D eigenvalue weighted by Crippen LogP contribution is -2.40. The lowest BCUT2D eigenvalue weighted by atomic mass is 9.80. The number of hydrogen-bond donors (Lipinski definition) is 7. The smallest absolute Gasteiger partial charge is 0.407 e. The number of fused-ring (bicyclic) bond motifs is 2. The number of aryl methyl sites for hydroxylation is 1. The maximum atomic E-state index is 12.7. The second-order valence-corrected chi connectivity index (χ2v) is 26.2. The van der Waals surface area contributed by atoms with Crippen LogP contribution in [0, 0.1) is 6.92 Å². The number of anilines is 3. The lowest BCUT2D eigenvalue weighted by molar-refractivity contribution is -0.121. The van der Waals surface area contributed by atoms with Gasteiger partial charge in [-0.2, -0.15) is 16.8 Å². The predicted molar refractivity (Wildman–Crippen MR) is 338 cm³/mol. The number of allylic oxidation sites excluding steroid dienone is 5. The van der Waals surface area contributed by atoms with Gasteiger partial charge in [0.15, 0.2) is 0 Å². The molecule has 3 heterocycles. The van der Waals surface area contributed by atoms with E-state index in [0.29, 0.717) is 96.6 Å². The van der Waals surface area contributed by atoms with Crippen LogP contribution in [-0.4, -0.2) is 138 Å². The molecule has 23 nitrogen and oxygen atoms in total. The van der Waals surface area contributed by atoms with E-state index in [-0.39, 0.29) is 58.0 Å². The van der Waals surface area contributed by atoms with Gasteiger partial charge in [-0.25, -0.2) is 14.6 Å². The van der Waals surface area contributed by atoms with Crippen LogP contribution in [0.1, 0.15) is 160 Å². The van der Waals surface area contributed by atoms with Crippen LogP contribution in [0.2, 0.25) is 0 Å². The zero-order chi connectivity index (χ0) is 64.3. The molecule has 3 aromatic rings. The SMILES string of the molecule is Cc1cc(=O)[nH]c(NC(=O)NCCCCCC(=O)CCCCCNC(=O)OCCOCCOCCC(=O)CCCCCCNC(=O)CCCCCN2c3ccc(S(=O)(=O)O)cc3C(C)(C)C2/C=C/C=C/C=C2/N(C)c3ccc(S(=O)(=O)O)cc3C2(C)C)n1. The molecule has 0 spiro atoms. The molecule has 88 heavy (non-hydrogen) atoms. The second-order valence-electron chi connectivity index (χ2n) is 23.4. The van der Waals surface area contributed by atoms with Crippen LogP contribution in [0.5, 0.6) is 0 Å². The van der Waals surface area contributed by atoms with Crippen molar-refractivity contribution in [2.45, 2.75) is 177 Å². The van der Waals surface area contributed by atoms with Crippen molar-refractivity contribution in [3.63, 3.8) is 0 Å². The van der Waals surface area contributed by atoms with Crippen molar-refractivity contribution < 1.29 is 64.1 Å². The Morgan fingerprint density at radius 1 is 0.636 bits per heavy atom. The second kappa shape index (κ2) is 35.4. The Balaban J connectivity index is 0.834. The van der Waals surface area contributed by atoms with Gasteiger partial charge in [0.05, 0.1) is 42.3 Å². The van der Waals surface area contributed by atoms with Crippen molar-refractivity contribution in [3.8, 4) is 0 Å². The molecule has 2 aliphatic rings. The minimum Gasteiger partial charge on any atom is -0.447 e. The standard InChI is InChI=1S/C63H92N8O15S2/c1-46-43-58(75)68-59(67-46)69-60(76)65-35-20-10-14-23-47(72)24-15-11-21-36-66-61(77)86-42-41-85-40-39-84-38-33-48(73)25-13-7-8-19-34-64-57(74)28-18-12-22-37-71-54-32-30-50(88(81,82)83)45-52(54)63(4,5)56(71)27-17-9-16-26-55-62(2,3)51-44-49(87(78,79)80)29-31-53(51)70(55)6/h9,16-17,26-27,29-32,43-45,56H,7-8,10-15,18-25,28,33-42H2,1-6H3,(H,64,74)(H,66,77)(H,78,79,80)(H,81,82,83)(H3,65,67,68,69,75,76)/b16-9+,27-17+,55-26+. The lowest BCUT2D eigenvalue weighted by Gasteiger charge is -2.32. The van der Waals surface area contributed by atoms with Gasteiger partial charge < -0.3 is 40.0 Å². The van der Waals surface area contributed by atoms with Gasteiger partial charge in [-0.05, 0) is 112 Å². The fourth-order valence-electron chi connectivity index (χ4n) is 10.9. The quantitative estimate of drug-likeness (QED) is 0.0158. The largest absolute Gasteiger partial charge is 0.447 e. The zero-order valence-electron chi connectivity index (χ0n) is 52.0. The highest BCUT2D eigenvalue weighted by atomic mass is 32.2. The maximum absolute atomic E-state index is 12.7. The van der Waals surface area contributed by atoms with Gasteiger partial charge in [0, 0.05) is 105 Å². The van der Waals surface area contributed by atoms with Crippen LogP contribution >= 0.6 is 0 Å². The number of likely N-dealkylation sites (N-methyl/N-ethyl adjacent to an activating group) is 1. The number of aromatic nitrogens is 2. The first-order chi connectivity index (χ1) is 41.8. The van der Waals surface area contributed by atoms with E-state index in [1.165, 1.54) is 24.3 Å². The molecule has 1 atom stereocenters. The Bertz CT molecular complexity index is 3210. The summed E-state index contributed by atoms with van der Waals surface area (Å²) in [7, 11) is -6.89. The fraction of sp³-hybridized carbons (Fsp3) is 0.571. The monoisotopic (exact) mass is 1260 g/mol. The number of aromatic amines is 1. The van der Waals surface area contributed by atoms with E-state index < -0.39 is 43.2 Å². The summed E-state index contributed by atoms with van der Waals surface area (Å²) < 4.78 is 83.8. The first kappa shape index (κ1) is 72.0. The summed E-state index contributed by atoms with van der Waals surface area (Å²) in [6, 6.07) is 9.99. The summed E-state index contributed by atoms with van der Waals surface area (Å²) in [5.74, 6) is 0.395. The number of amides is 4. The molecule has 1 aromatic heterocycles. The number of unbranched alkanes of at least 4 members (excludes halogenated alkanes) is 9. The average molecular weight is 1270 g/mol. The number of benzene rings is 2. The van der Waals surface area contributed by atoms with Gasteiger partial charge in [-0.1, -0.05) is 84.1 Å². The highest BCUT2D eigenvalue weighted by molar-refractivity contribution is 7.86. The first-order valence-corrected chi connectivity index (χ1v) is 33.5. The fourth-order valence-corrected chi connectivity index (χ4v) is 11.9. The first-order valence-electron chi connectivity index (χ1n) is 30.6. The average Bonchev–Trinajstić information content (AvgIpc) is 1.62. The molecule has 0 aliphatic carbocycles. The third kappa shape index (κ3) is 23.6. The van der Waals surface area contributed by atoms with Crippen LogP contribution in [-0.2, 0) is 59.7 Å². The number of nitrogens with zero attached hydrogens (tertiary/aromatic N) is 3. The number of ketones is 2. The molecule has 7 N–H and O–H groups in total. The topological polar surface area (TPSA) is 322 Å². The van der Waals surface area contributed by atoms with E-state index in [1.54, 1.807) is 25.1 Å². The number of carbonyl (C=O) groups excluding carboxylic acids is 5. The molecular formula is C63H92N8O15S2. The minimum atomic E-state index is -4.43. The van der Waals surface area contributed by atoms with E-state index in [4.69, 9.17) is 14.2 Å². The van der Waals surface area contributed by atoms with Crippen LogP contribution < -0.4 is 36.6 Å². The Hall–Kier alpha value is -6.77. The number of ether oxygens (including phenoxy) is 3. The van der Waals surface area contributed by atoms with Crippen LogP contribution in [0.3, 0.4) is 0 Å². The number of nitrogens with one attached hydrogen (secondary N) is 5. The molecule has 5 rings (SSSR count). The third-order valence-electron chi connectivity index (χ3n) is 15.7. The van der Waals surface area contributed by atoms with Gasteiger partial charge in [0.2, 0.25) is 11.9 Å². The van der Waals surface area contributed by atoms with Crippen molar-refractivity contribution in [2.24, 2.45) is 0 Å². The van der Waals surface area contributed by atoms with Crippen molar-refractivity contribution >= 4 is 67.2 Å². The van der Waals surface area contributed by atoms with Crippen LogP contribution in [0.25, 0.3) is 0 Å². The van der Waals surface area contributed by atoms with Gasteiger partial charge in [-0.3, -0.25) is 38.6 Å². The number of urea groups is 1. The molecule has 486 valence electrons. The zero-order valence-corrected chi connectivity index (χ0v) is 53.6. The number of carbonyl (C=O) groups is 5. The third-order valence-corrected chi connectivity index (χ3v) is 17.4. The molecule has 0 saturated carbocycles. The van der Waals surface area contributed by atoms with Crippen LogP contribution in [0.4, 0.5) is 26.9 Å². The number of Topliss-reactive ketones (excluding diaryl/α,β-unsaturated/α-hetero) is 2. The van der Waals surface area contributed by atoms with Crippen molar-refractivity contribution in [1.82, 2.24) is 25.9 Å². The molecule has 0 fully saturated rings. The Kier molecular flexibility index (Phi) is 29.0. The van der Waals surface area contributed by atoms with Gasteiger partial charge in [0.1, 0.15) is 18.2 Å². The molecule has 2 aliphatic heterocycles. The van der Waals surface area contributed by atoms with E-state index >= 15 is 0 Å². The summed E-state index contributed by atoms with van der Waals surface area (Å²) in [5.41, 5.74) is 3.29. The molecular weight excluding hydrogens is 1170 g/mol. The van der Waals surface area contributed by atoms with E-state index in [1.807, 2.05) is 63.9 Å². The highest BCUT2D eigenvalue weighted by Gasteiger charge is 2.44. The molecule has 2 aromatic carbocycles. The van der Waals surface area contributed by atoms with Crippen LogP contribution in [0.15, 0.2) is 93.1 Å².